The first kappa shape index (κ1) is 15.0. The van der Waals surface area contributed by atoms with E-state index >= 15 is 0 Å². The van der Waals surface area contributed by atoms with E-state index in [1.807, 2.05) is 0 Å². The first-order valence-corrected chi connectivity index (χ1v) is 8.12. The Morgan fingerprint density at radius 3 is 2.70 bits per heavy atom. The van der Waals surface area contributed by atoms with Crippen LogP contribution in [0.3, 0.4) is 0 Å². The smallest absolute Gasteiger partial charge is 0.263 e. The van der Waals surface area contributed by atoms with Crippen LogP contribution in [-0.4, -0.2) is 32.5 Å². The lowest BCUT2D eigenvalue weighted by Gasteiger charge is -2.21. The number of aliphatic imine (C=N–C) groups is 1. The van der Waals surface area contributed by atoms with E-state index in [0.717, 1.165) is 12.8 Å². The summed E-state index contributed by atoms with van der Waals surface area (Å²) in [4.78, 5) is 4.71. The maximum atomic E-state index is 11.9. The number of nitrogens with zero attached hydrogens (tertiary/aromatic N) is 1. The van der Waals surface area contributed by atoms with Crippen molar-refractivity contribution in [3.8, 4) is 0 Å². The molecule has 0 bridgehead atoms. The first-order chi connectivity index (χ1) is 9.36. The number of sulfonamides is 1. The largest absolute Gasteiger partial charge is 0.396 e. The number of hydrogen-bond donors (Lipinski definition) is 2. The highest BCUT2D eigenvalue weighted by atomic mass is 32.2. The molecule has 1 aliphatic rings. The molecule has 0 unspecified atom stereocenters. The van der Waals surface area contributed by atoms with Crippen LogP contribution in [0.15, 0.2) is 34.2 Å². The number of rotatable bonds is 5. The summed E-state index contributed by atoms with van der Waals surface area (Å²) in [5.41, 5.74) is 0.559. The minimum atomic E-state index is -3.46. The van der Waals surface area contributed by atoms with Crippen LogP contribution in [0.5, 0.6) is 0 Å². The number of benzene rings is 1. The average molecular weight is 296 g/mol. The van der Waals surface area contributed by atoms with Crippen molar-refractivity contribution in [3.05, 3.63) is 29.8 Å². The van der Waals surface area contributed by atoms with Crippen molar-refractivity contribution in [2.24, 2.45) is 10.4 Å². The molecule has 1 aromatic rings. The van der Waals surface area contributed by atoms with Gasteiger partial charge >= 0.3 is 0 Å². The first-order valence-electron chi connectivity index (χ1n) is 6.63. The fourth-order valence-electron chi connectivity index (χ4n) is 2.18. The van der Waals surface area contributed by atoms with Gasteiger partial charge in [-0.15, -0.1) is 0 Å². The third kappa shape index (κ3) is 3.19. The van der Waals surface area contributed by atoms with Crippen molar-refractivity contribution in [1.82, 2.24) is 4.72 Å². The standard InChI is InChI=1S/C14H20N2O3S/c1-14(2,8-5-9-17)10-15-13-11-6-3-4-7-12(11)20(18,19)16-13/h3-4,6-7,17H,5,8-10H2,1-2H3,(H,15,16). The number of fused-ring (bicyclic) bond motifs is 1. The second-order valence-corrected chi connectivity index (χ2v) is 7.41. The van der Waals surface area contributed by atoms with Gasteiger partial charge in [-0.05, 0) is 30.4 Å². The van der Waals surface area contributed by atoms with Gasteiger partial charge in [0.15, 0.2) is 0 Å². The zero-order valence-electron chi connectivity index (χ0n) is 11.8. The Labute approximate surface area is 119 Å². The molecule has 0 amide bonds. The molecule has 6 heteroatoms. The van der Waals surface area contributed by atoms with E-state index in [0.29, 0.717) is 17.9 Å². The summed E-state index contributed by atoms with van der Waals surface area (Å²) < 4.78 is 26.4. The van der Waals surface area contributed by atoms with Gasteiger partial charge in [0.25, 0.3) is 10.0 Å². The van der Waals surface area contributed by atoms with Crippen LogP contribution in [-0.2, 0) is 10.0 Å². The van der Waals surface area contributed by atoms with Crippen LogP contribution in [0.1, 0.15) is 32.3 Å². The van der Waals surface area contributed by atoms with Gasteiger partial charge in [0.05, 0.1) is 4.90 Å². The van der Waals surface area contributed by atoms with Gasteiger partial charge in [0.1, 0.15) is 5.84 Å². The van der Waals surface area contributed by atoms with Crippen molar-refractivity contribution in [1.29, 1.82) is 0 Å². The molecule has 1 heterocycles. The molecule has 1 aliphatic heterocycles. The van der Waals surface area contributed by atoms with Crippen molar-refractivity contribution in [2.75, 3.05) is 13.2 Å². The maximum Gasteiger partial charge on any atom is 0.263 e. The quantitative estimate of drug-likeness (QED) is 0.864. The van der Waals surface area contributed by atoms with Crippen molar-refractivity contribution in [2.45, 2.75) is 31.6 Å². The lowest BCUT2D eigenvalue weighted by molar-refractivity contribution is 0.245. The third-order valence-electron chi connectivity index (χ3n) is 3.34. The van der Waals surface area contributed by atoms with Crippen LogP contribution >= 0.6 is 0 Å². The lowest BCUT2D eigenvalue weighted by Crippen LogP contribution is -2.25. The molecule has 110 valence electrons. The SMILES string of the molecule is CC(C)(CCCO)CN=C1NS(=O)(=O)c2ccccc21. The number of aliphatic hydroxyl groups excluding tert-OH is 1. The second kappa shape index (κ2) is 5.54. The minimum absolute atomic E-state index is 0.0707. The zero-order valence-corrected chi connectivity index (χ0v) is 12.6. The second-order valence-electron chi connectivity index (χ2n) is 5.76. The van der Waals surface area contributed by atoms with Crippen LogP contribution in [0.4, 0.5) is 0 Å². The average Bonchev–Trinajstić information content (AvgIpc) is 2.67. The normalized spacial score (nSPS) is 18.9. The monoisotopic (exact) mass is 296 g/mol. The Bertz CT molecular complexity index is 621. The Morgan fingerprint density at radius 1 is 1.30 bits per heavy atom. The maximum absolute atomic E-state index is 11.9. The fraction of sp³-hybridized carbons (Fsp3) is 0.500. The van der Waals surface area contributed by atoms with Gasteiger partial charge in [-0.1, -0.05) is 26.0 Å². The Morgan fingerprint density at radius 2 is 2.00 bits per heavy atom. The van der Waals surface area contributed by atoms with E-state index in [2.05, 4.69) is 23.6 Å². The molecule has 0 aromatic heterocycles. The van der Waals surface area contributed by atoms with Crippen LogP contribution in [0, 0.1) is 5.41 Å². The third-order valence-corrected chi connectivity index (χ3v) is 4.74. The molecule has 0 aliphatic carbocycles. The van der Waals surface area contributed by atoms with Crippen LogP contribution in [0.2, 0.25) is 0 Å². The number of aliphatic hydroxyl groups is 1. The van der Waals surface area contributed by atoms with Gasteiger partial charge in [0.2, 0.25) is 0 Å². The van der Waals surface area contributed by atoms with E-state index in [4.69, 9.17) is 5.11 Å². The highest BCUT2D eigenvalue weighted by Gasteiger charge is 2.30. The molecule has 1 aromatic carbocycles. The van der Waals surface area contributed by atoms with E-state index in [-0.39, 0.29) is 16.9 Å². The molecule has 0 saturated carbocycles. The molecule has 5 nitrogen and oxygen atoms in total. The Hall–Kier alpha value is -1.40. The molecule has 0 radical (unpaired) electrons. The van der Waals surface area contributed by atoms with Gasteiger partial charge in [0, 0.05) is 18.7 Å². The van der Waals surface area contributed by atoms with E-state index in [9.17, 15) is 8.42 Å². The van der Waals surface area contributed by atoms with E-state index in [1.165, 1.54) is 0 Å². The van der Waals surface area contributed by atoms with E-state index in [1.54, 1.807) is 24.3 Å². The Balaban J connectivity index is 2.21. The van der Waals surface area contributed by atoms with Gasteiger partial charge in [-0.25, -0.2) is 8.42 Å². The van der Waals surface area contributed by atoms with Gasteiger partial charge in [-0.2, -0.15) is 0 Å². The zero-order chi connectivity index (χ0) is 14.8. The van der Waals surface area contributed by atoms with Crippen LogP contribution < -0.4 is 4.72 Å². The van der Waals surface area contributed by atoms with Gasteiger partial charge in [-0.3, -0.25) is 9.71 Å². The fourth-order valence-corrected chi connectivity index (χ4v) is 3.43. The lowest BCUT2D eigenvalue weighted by atomic mass is 9.88. The molecular weight excluding hydrogens is 276 g/mol. The molecule has 0 atom stereocenters. The number of amidine groups is 1. The highest BCUT2D eigenvalue weighted by molar-refractivity contribution is 7.90. The number of hydrogen-bond acceptors (Lipinski definition) is 4. The predicted molar refractivity (Wildman–Crippen MR) is 78.3 cm³/mol. The summed E-state index contributed by atoms with van der Waals surface area (Å²) in [6, 6.07) is 6.84. The summed E-state index contributed by atoms with van der Waals surface area (Å²) in [5, 5.41) is 8.88. The topological polar surface area (TPSA) is 78.8 Å². The molecule has 0 spiro atoms. The molecule has 2 N–H and O–H groups in total. The minimum Gasteiger partial charge on any atom is -0.396 e. The summed E-state index contributed by atoms with van der Waals surface area (Å²) in [6.45, 7) is 4.79. The summed E-state index contributed by atoms with van der Waals surface area (Å²) in [5.74, 6) is 0.415. The molecule has 0 fully saturated rings. The van der Waals surface area contributed by atoms with Crippen molar-refractivity contribution >= 4 is 15.9 Å². The summed E-state index contributed by atoms with van der Waals surface area (Å²) >= 11 is 0. The van der Waals surface area contributed by atoms with Gasteiger partial charge < -0.3 is 5.11 Å². The summed E-state index contributed by atoms with van der Waals surface area (Å²) in [6.07, 6.45) is 1.56. The Kier molecular flexibility index (Phi) is 4.15. The molecular formula is C14H20N2O3S. The molecule has 0 saturated heterocycles. The van der Waals surface area contributed by atoms with Crippen molar-refractivity contribution in [3.63, 3.8) is 0 Å². The summed E-state index contributed by atoms with van der Waals surface area (Å²) in [7, 11) is -3.46. The van der Waals surface area contributed by atoms with Crippen LogP contribution in [0.25, 0.3) is 0 Å². The highest BCUT2D eigenvalue weighted by Crippen LogP contribution is 2.25. The van der Waals surface area contributed by atoms with E-state index < -0.39 is 10.0 Å². The molecule has 20 heavy (non-hydrogen) atoms. The predicted octanol–water partition coefficient (Wildman–Crippen LogP) is 1.52. The number of nitrogens with one attached hydrogen (secondary N) is 1. The van der Waals surface area contributed by atoms with Crippen molar-refractivity contribution < 1.29 is 13.5 Å². The molecule has 2 rings (SSSR count).